The van der Waals surface area contributed by atoms with Crippen LogP contribution < -0.4 is 4.72 Å². The highest BCUT2D eigenvalue weighted by molar-refractivity contribution is 7.92. The van der Waals surface area contributed by atoms with Crippen LogP contribution in [-0.4, -0.2) is 14.7 Å². The Bertz CT molecular complexity index is 772. The Balaban J connectivity index is 2.32. The first-order chi connectivity index (χ1) is 9.62. The van der Waals surface area contributed by atoms with E-state index in [2.05, 4.69) is 16.6 Å². The van der Waals surface area contributed by atoms with E-state index in [9.17, 15) is 13.2 Å². The lowest BCUT2D eigenvalue weighted by Gasteiger charge is -2.08. The predicted molar refractivity (Wildman–Crippen MR) is 76.6 cm³/mol. The summed E-state index contributed by atoms with van der Waals surface area (Å²) in [4.78, 5) is 10.3. The molecular formula is C15H11NO3S. The molecular weight excluding hydrogens is 274 g/mol. The number of para-hydroxylation sites is 1. The molecule has 0 fully saturated rings. The van der Waals surface area contributed by atoms with Gasteiger partial charge < -0.3 is 0 Å². The normalized spacial score (nSPS) is 10.2. The fraction of sp³-hybridized carbons (Fsp3) is 0. The number of carbonyl (C=O) groups excluding carboxylic acids is 1. The van der Waals surface area contributed by atoms with Crippen LogP contribution in [0.25, 0.3) is 0 Å². The topological polar surface area (TPSA) is 63.2 Å². The van der Waals surface area contributed by atoms with Crippen molar-refractivity contribution in [1.29, 1.82) is 0 Å². The van der Waals surface area contributed by atoms with Crippen LogP contribution in [0.1, 0.15) is 5.56 Å². The molecule has 0 aliphatic heterocycles. The van der Waals surface area contributed by atoms with E-state index in [1.165, 1.54) is 12.1 Å². The number of rotatable bonds is 3. The van der Waals surface area contributed by atoms with Gasteiger partial charge in [0.15, 0.2) is 6.29 Å². The first-order valence-electron chi connectivity index (χ1n) is 5.75. The molecule has 0 aliphatic carbocycles. The van der Waals surface area contributed by atoms with Gasteiger partial charge in [-0.25, -0.2) is 8.42 Å². The van der Waals surface area contributed by atoms with Gasteiger partial charge in [-0.1, -0.05) is 30.2 Å². The van der Waals surface area contributed by atoms with E-state index in [1.54, 1.807) is 42.5 Å². The molecule has 0 saturated heterocycles. The van der Waals surface area contributed by atoms with E-state index in [1.807, 2.05) is 0 Å². The van der Waals surface area contributed by atoms with Gasteiger partial charge in [0.25, 0.3) is 10.0 Å². The molecule has 2 aromatic carbocycles. The van der Waals surface area contributed by atoms with Gasteiger partial charge in [0.05, 0.1) is 4.90 Å². The Morgan fingerprint density at radius 2 is 1.75 bits per heavy atom. The highest BCUT2D eigenvalue weighted by Gasteiger charge is 2.13. The molecule has 0 heterocycles. The number of sulfonamides is 1. The molecule has 20 heavy (non-hydrogen) atoms. The zero-order chi connectivity index (χ0) is 14.4. The van der Waals surface area contributed by atoms with Gasteiger partial charge in [-0.05, 0) is 36.3 Å². The number of nitrogens with one attached hydrogen (secondary N) is 1. The van der Waals surface area contributed by atoms with E-state index < -0.39 is 10.0 Å². The Hall–Kier alpha value is -2.58. The molecule has 0 bridgehead atoms. The average Bonchev–Trinajstić information content (AvgIpc) is 2.46. The third-order valence-corrected chi connectivity index (χ3v) is 3.82. The molecule has 0 saturated carbocycles. The minimum Gasteiger partial charge on any atom is -0.289 e. The van der Waals surface area contributed by atoms with Crippen LogP contribution in [0.5, 0.6) is 0 Å². The van der Waals surface area contributed by atoms with Crippen molar-refractivity contribution in [2.75, 3.05) is 4.72 Å². The second kappa shape index (κ2) is 6.04. The van der Waals surface area contributed by atoms with E-state index in [-0.39, 0.29) is 4.90 Å². The van der Waals surface area contributed by atoms with Gasteiger partial charge >= 0.3 is 0 Å². The second-order valence-electron chi connectivity index (χ2n) is 3.89. The summed E-state index contributed by atoms with van der Waals surface area (Å²) < 4.78 is 26.9. The molecule has 4 nitrogen and oxygen atoms in total. The van der Waals surface area contributed by atoms with Crippen LogP contribution in [0.3, 0.4) is 0 Å². The minimum atomic E-state index is -3.67. The molecule has 0 aliphatic rings. The quantitative estimate of drug-likeness (QED) is 0.693. The number of hydrogen-bond donors (Lipinski definition) is 1. The lowest BCUT2D eigenvalue weighted by molar-refractivity contribution is -0.103. The van der Waals surface area contributed by atoms with Gasteiger partial charge in [-0.2, -0.15) is 0 Å². The largest absolute Gasteiger partial charge is 0.289 e. The van der Waals surface area contributed by atoms with Crippen molar-refractivity contribution in [2.45, 2.75) is 4.90 Å². The number of benzene rings is 2. The number of aldehydes is 1. The minimum absolute atomic E-state index is 0.0963. The van der Waals surface area contributed by atoms with Crippen molar-refractivity contribution in [3.05, 3.63) is 60.2 Å². The number of anilines is 1. The fourth-order valence-corrected chi connectivity index (χ4v) is 2.68. The van der Waals surface area contributed by atoms with E-state index >= 15 is 0 Å². The smallest absolute Gasteiger partial charge is 0.261 e. The second-order valence-corrected chi connectivity index (χ2v) is 5.57. The predicted octanol–water partition coefficient (Wildman–Crippen LogP) is 2.04. The van der Waals surface area contributed by atoms with Crippen LogP contribution in [-0.2, 0) is 14.8 Å². The monoisotopic (exact) mass is 285 g/mol. The third kappa shape index (κ3) is 3.46. The zero-order valence-corrected chi connectivity index (χ0v) is 11.2. The Kier molecular flexibility index (Phi) is 4.18. The molecule has 2 aromatic rings. The standard InChI is InChI=1S/C15H11NO3S/c17-11-5-7-13-6-4-10-15(12-13)20(18,19)16-14-8-2-1-3-9-14/h1-4,6,8-12,16H. The number of carbonyl (C=O) groups is 1. The molecule has 5 heteroatoms. The van der Waals surface area contributed by atoms with Gasteiger partial charge in [-0.3, -0.25) is 9.52 Å². The van der Waals surface area contributed by atoms with Gasteiger partial charge in [0, 0.05) is 11.3 Å². The summed E-state index contributed by atoms with van der Waals surface area (Å²) in [7, 11) is -3.67. The van der Waals surface area contributed by atoms with Crippen LogP contribution in [0, 0.1) is 11.8 Å². The van der Waals surface area contributed by atoms with Crippen molar-refractivity contribution in [2.24, 2.45) is 0 Å². The third-order valence-electron chi connectivity index (χ3n) is 2.45. The first-order valence-corrected chi connectivity index (χ1v) is 7.23. The Labute approximate surface area is 117 Å². The first kappa shape index (κ1) is 13.8. The summed E-state index contributed by atoms with van der Waals surface area (Å²) >= 11 is 0. The zero-order valence-electron chi connectivity index (χ0n) is 10.4. The van der Waals surface area contributed by atoms with E-state index in [0.717, 1.165) is 0 Å². The lowest BCUT2D eigenvalue weighted by Crippen LogP contribution is -2.12. The molecule has 0 atom stereocenters. The summed E-state index contributed by atoms with van der Waals surface area (Å²) in [5, 5.41) is 0. The SMILES string of the molecule is O=CC#Cc1cccc(S(=O)(=O)Nc2ccccc2)c1. The van der Waals surface area contributed by atoms with Crippen LogP contribution in [0.2, 0.25) is 0 Å². The van der Waals surface area contributed by atoms with Crippen molar-refractivity contribution >= 4 is 22.0 Å². The molecule has 1 N–H and O–H groups in total. The number of hydrogen-bond acceptors (Lipinski definition) is 3. The summed E-state index contributed by atoms with van der Waals surface area (Å²) in [6.07, 6.45) is 0.462. The highest BCUT2D eigenvalue weighted by atomic mass is 32.2. The molecule has 0 spiro atoms. The fourth-order valence-electron chi connectivity index (χ4n) is 1.57. The summed E-state index contributed by atoms with van der Waals surface area (Å²) in [6, 6.07) is 14.7. The van der Waals surface area contributed by atoms with Crippen LogP contribution >= 0.6 is 0 Å². The molecule has 0 amide bonds. The van der Waals surface area contributed by atoms with Crippen molar-refractivity contribution < 1.29 is 13.2 Å². The maximum absolute atomic E-state index is 12.2. The average molecular weight is 285 g/mol. The van der Waals surface area contributed by atoms with Gasteiger partial charge in [0.1, 0.15) is 0 Å². The van der Waals surface area contributed by atoms with E-state index in [0.29, 0.717) is 17.5 Å². The van der Waals surface area contributed by atoms with Crippen molar-refractivity contribution in [3.63, 3.8) is 0 Å². The lowest BCUT2D eigenvalue weighted by atomic mass is 10.2. The van der Waals surface area contributed by atoms with Gasteiger partial charge in [0.2, 0.25) is 0 Å². The Morgan fingerprint density at radius 1 is 1.00 bits per heavy atom. The molecule has 0 unspecified atom stereocenters. The Morgan fingerprint density at radius 3 is 2.45 bits per heavy atom. The highest BCUT2D eigenvalue weighted by Crippen LogP contribution is 2.16. The molecule has 0 radical (unpaired) electrons. The molecule has 0 aromatic heterocycles. The maximum atomic E-state index is 12.2. The summed E-state index contributed by atoms with van der Waals surface area (Å²) in [5.41, 5.74) is 0.949. The molecule has 100 valence electrons. The summed E-state index contributed by atoms with van der Waals surface area (Å²) in [5.74, 6) is 4.81. The molecule has 2 rings (SSSR count). The van der Waals surface area contributed by atoms with E-state index in [4.69, 9.17) is 0 Å². The van der Waals surface area contributed by atoms with Crippen molar-refractivity contribution in [1.82, 2.24) is 0 Å². The van der Waals surface area contributed by atoms with Gasteiger partial charge in [-0.15, -0.1) is 0 Å². The van der Waals surface area contributed by atoms with Crippen molar-refractivity contribution in [3.8, 4) is 11.8 Å². The van der Waals surface area contributed by atoms with Crippen LogP contribution in [0.4, 0.5) is 5.69 Å². The summed E-state index contributed by atoms with van der Waals surface area (Å²) in [6.45, 7) is 0. The van der Waals surface area contributed by atoms with Crippen LogP contribution in [0.15, 0.2) is 59.5 Å². The maximum Gasteiger partial charge on any atom is 0.261 e.